The first-order chi connectivity index (χ1) is 49.0. The smallest absolute Gasteiger partial charge is 0.326 e. The molecule has 9 rings (SSSR count). The zero-order valence-electron chi connectivity index (χ0n) is 54.7. The first-order valence-corrected chi connectivity index (χ1v) is 32.8. The highest BCUT2D eigenvalue weighted by Gasteiger charge is 2.46. The minimum Gasteiger partial charge on any atom is -0.507 e. The highest BCUT2D eigenvalue weighted by atomic mass is 32.2. The van der Waals surface area contributed by atoms with E-state index in [9.17, 15) is 98.1 Å². The summed E-state index contributed by atoms with van der Waals surface area (Å²) in [5, 5.41) is 87.2. The SMILES string of the molecule is COc1cccc2c1C(=O)c1c(O)c3c(c(O)c1C2=O)C[C@@H](/C(CO)=N\NC(=O)CCN1C(=O)CC(SCC(C=NC(=O)[C@H](CC(=O)O)NC(=O)[C@@H](N)CNC(=O)CC[C@@H](NC(=O)c2ccc(NCc4cnc5nc(N)[nH]c(=O)c5n4)cc2)C(=O)O)C(=O)O)C1=O)C[C@@H]3O[C@H]1CC(N)[C@@H](O)C(C)O1. The van der Waals surface area contributed by atoms with E-state index < -0.39 is 222 Å². The second kappa shape index (κ2) is 33.1. The Hall–Kier alpha value is -11.2. The van der Waals surface area contributed by atoms with E-state index in [2.05, 4.69) is 56.7 Å². The number of nitrogens with one attached hydrogen (secondary N) is 6. The number of imide groups is 1. The molecule has 0 saturated carbocycles. The number of aromatic amines is 1. The average Bonchev–Trinajstić information content (AvgIpc) is 1.10. The van der Waals surface area contributed by atoms with Crippen LogP contribution in [0.4, 0.5) is 11.6 Å². The van der Waals surface area contributed by atoms with Crippen LogP contribution in [0, 0.1) is 11.8 Å². The number of aliphatic hydroxyl groups excluding tert-OH is 2. The van der Waals surface area contributed by atoms with Crippen LogP contribution in [0.5, 0.6) is 17.2 Å². The van der Waals surface area contributed by atoms with E-state index in [1.54, 1.807) is 6.92 Å². The Morgan fingerprint density at radius 2 is 1.62 bits per heavy atom. The molecule has 2 saturated heterocycles. The van der Waals surface area contributed by atoms with E-state index in [1.165, 1.54) is 55.8 Å². The number of phenols is 2. The van der Waals surface area contributed by atoms with Crippen LogP contribution in [0.2, 0.25) is 0 Å². The Kier molecular flexibility index (Phi) is 24.4. The fraction of sp³-hybridized carbons (Fsp3) is 0.406. The molecule has 0 bridgehead atoms. The predicted molar refractivity (Wildman–Crippen MR) is 357 cm³/mol. The summed E-state index contributed by atoms with van der Waals surface area (Å²) in [6, 6.07) is 4.11. The lowest BCUT2D eigenvalue weighted by Crippen LogP contribution is -2.52. The van der Waals surface area contributed by atoms with Crippen molar-refractivity contribution >= 4 is 117 Å². The monoisotopic (exact) mass is 1450 g/mol. The van der Waals surface area contributed by atoms with E-state index in [1.807, 2.05) is 0 Å². The second-order valence-electron chi connectivity index (χ2n) is 24.2. The third-order valence-corrected chi connectivity index (χ3v) is 18.5. The third-order valence-electron chi connectivity index (χ3n) is 17.2. The first-order valence-electron chi connectivity index (χ1n) is 31.7. The lowest BCUT2D eigenvalue weighted by molar-refractivity contribution is -0.242. The standard InChI is InChI=1S/C64H71N15O23S/c1-25-51(86)33(65)16-45(101-25)102-39-15-27(14-32-47(39)55(90)49-48(53(32)88)52(87)31-4-3-5-38(100-2)46(31)54(49)89)37(23-80)77-78-42(82)12-13-79-43(83)18-40(61(79)95)103-24-28(62(96)97)19-71-59(93)36(17-44(84)85)74-58(92)34(66)22-69-41(81)11-10-35(63(98)99)73-57(91)26-6-8-29(9-7-26)68-20-30-21-70-56-50(72-30)60(94)76-64(67)75-56/h3-9,19,21,25,27-28,33-36,39-40,45,51,68,80,86,88,90H,10-18,20,22-24,65-66H2,1-2H3,(H,69,81)(H,73,91)(H,74,92)(H,78,82)(H,84,85)(H,96,97)(H,98,99)(H3,67,70,75,76,94)/b71-19?,77-37-/t25?,27-,28?,33?,34+,35-,36+,39+,40?,45+,51+/m1/s1. The van der Waals surface area contributed by atoms with Gasteiger partial charge in [0.25, 0.3) is 17.4 Å². The van der Waals surface area contributed by atoms with Gasteiger partial charge in [0, 0.05) is 90.6 Å². The number of nitrogens with two attached hydrogens (primary N) is 3. The molecule has 0 radical (unpaired) electrons. The molecule has 2 aliphatic carbocycles. The number of carbonyl (C=O) groups excluding carboxylic acids is 9. The number of hydrogen-bond donors (Lipinski definition) is 16. The number of ether oxygens (including phenoxy) is 3. The van der Waals surface area contributed by atoms with Crippen molar-refractivity contribution in [1.82, 2.24) is 46.2 Å². The summed E-state index contributed by atoms with van der Waals surface area (Å²) in [6.07, 6.45) is -5.75. The van der Waals surface area contributed by atoms with Crippen molar-refractivity contribution in [2.24, 2.45) is 33.4 Å². The van der Waals surface area contributed by atoms with E-state index >= 15 is 0 Å². The Morgan fingerprint density at radius 3 is 2.30 bits per heavy atom. The number of benzene rings is 3. The quantitative estimate of drug-likeness (QED) is 0.00969. The molecule has 4 heterocycles. The van der Waals surface area contributed by atoms with E-state index in [0.29, 0.717) is 29.4 Å². The van der Waals surface area contributed by atoms with Crippen molar-refractivity contribution in [3.63, 3.8) is 0 Å². The molecule has 546 valence electrons. The van der Waals surface area contributed by atoms with Crippen LogP contribution in [-0.4, -0.2) is 224 Å². The fourth-order valence-corrected chi connectivity index (χ4v) is 13.0. The number of anilines is 2. The number of carboxylic acid groups (broad SMARTS) is 3. The Morgan fingerprint density at radius 1 is 0.893 bits per heavy atom. The van der Waals surface area contributed by atoms with Gasteiger partial charge in [0.05, 0.1) is 84.5 Å². The summed E-state index contributed by atoms with van der Waals surface area (Å²) in [5.41, 5.74) is 18.8. The zero-order chi connectivity index (χ0) is 74.8. The average molecular weight is 1450 g/mol. The van der Waals surface area contributed by atoms with Crippen molar-refractivity contribution in [3.05, 3.63) is 104 Å². The largest absolute Gasteiger partial charge is 0.507 e. The highest BCUT2D eigenvalue weighted by molar-refractivity contribution is 8.00. The molecule has 2 aromatic heterocycles. The van der Waals surface area contributed by atoms with Crippen molar-refractivity contribution in [2.45, 2.75) is 119 Å². The number of aliphatic carboxylic acids is 3. The topological polar surface area (TPSA) is 612 Å². The molecule has 0 spiro atoms. The number of nitrogens with zero attached hydrogens (tertiary/aromatic N) is 6. The first kappa shape index (κ1) is 76.0. The number of methoxy groups -OCH3 is 1. The third kappa shape index (κ3) is 17.7. The van der Waals surface area contributed by atoms with Crippen LogP contribution in [-0.2, 0) is 65.6 Å². The van der Waals surface area contributed by atoms with Gasteiger partial charge in [-0.2, -0.15) is 10.1 Å². The molecule has 4 aliphatic rings. The van der Waals surface area contributed by atoms with Crippen LogP contribution < -0.4 is 54.2 Å². The number of carbonyl (C=O) groups is 12. The number of aromatic nitrogens is 4. The molecule has 19 N–H and O–H groups in total. The van der Waals surface area contributed by atoms with Crippen LogP contribution in [0.3, 0.4) is 0 Å². The van der Waals surface area contributed by atoms with Gasteiger partial charge in [-0.25, -0.2) is 25.2 Å². The van der Waals surface area contributed by atoms with Crippen molar-refractivity contribution in [3.8, 4) is 17.2 Å². The van der Waals surface area contributed by atoms with Gasteiger partial charge in [-0.3, -0.25) is 67.4 Å². The lowest BCUT2D eigenvalue weighted by atomic mass is 9.73. The normalized spacial score (nSPS) is 20.6. The number of hydrogen-bond acceptors (Lipinski definition) is 29. The van der Waals surface area contributed by atoms with Gasteiger partial charge in [0.2, 0.25) is 41.3 Å². The summed E-state index contributed by atoms with van der Waals surface area (Å²) < 4.78 is 17.6. The van der Waals surface area contributed by atoms with Crippen LogP contribution in [0.15, 0.2) is 63.5 Å². The molecule has 4 unspecified atom stereocenters. The number of nitrogen functional groups attached to an aromatic ring is 1. The van der Waals surface area contributed by atoms with E-state index in [0.717, 1.165) is 4.90 Å². The number of amides is 7. The van der Waals surface area contributed by atoms with Crippen LogP contribution >= 0.6 is 11.8 Å². The number of H-pyrrole nitrogens is 1. The number of rotatable bonds is 30. The minimum atomic E-state index is -1.93. The van der Waals surface area contributed by atoms with Crippen LogP contribution in [0.1, 0.15) is 117 Å². The van der Waals surface area contributed by atoms with Gasteiger partial charge in [0.15, 0.2) is 23.2 Å². The van der Waals surface area contributed by atoms with Crippen molar-refractivity contribution in [2.75, 3.05) is 43.6 Å². The molecule has 3 aromatic carbocycles. The number of phenolic OH excluding ortho intramolecular Hbond substituents is 2. The summed E-state index contributed by atoms with van der Waals surface area (Å²) >= 11 is 0.688. The van der Waals surface area contributed by atoms with Gasteiger partial charge < -0.3 is 88.4 Å². The molecule has 39 heteroatoms. The number of aliphatic imine (C=N–C) groups is 1. The zero-order valence-corrected chi connectivity index (χ0v) is 55.5. The molecule has 2 fully saturated rings. The molecule has 38 nitrogen and oxygen atoms in total. The maximum Gasteiger partial charge on any atom is 0.326 e. The summed E-state index contributed by atoms with van der Waals surface area (Å²) in [5.74, 6) is -17.4. The van der Waals surface area contributed by atoms with Crippen molar-refractivity contribution in [1.29, 1.82) is 0 Å². The molecule has 2 aliphatic heterocycles. The van der Waals surface area contributed by atoms with Crippen LogP contribution in [0.25, 0.3) is 11.2 Å². The maximum atomic E-state index is 14.2. The van der Waals surface area contributed by atoms with Gasteiger partial charge in [-0.15, -0.1) is 11.8 Å². The number of ketones is 2. The Balaban J connectivity index is 0.737. The number of hydrazone groups is 1. The summed E-state index contributed by atoms with van der Waals surface area (Å²) in [7, 11) is 1.29. The summed E-state index contributed by atoms with van der Waals surface area (Å²) in [6.45, 7) is -0.275. The number of likely N-dealkylation sites (tertiary alicyclic amines) is 1. The highest BCUT2D eigenvalue weighted by Crippen LogP contribution is 2.52. The van der Waals surface area contributed by atoms with Gasteiger partial charge in [-0.1, -0.05) is 12.1 Å². The Bertz CT molecular complexity index is 4350. The molecular formula is C64H71N15O23S. The molecule has 103 heavy (non-hydrogen) atoms. The van der Waals surface area contributed by atoms with Crippen molar-refractivity contribution < 1.29 is 107 Å². The molecule has 11 atom stereocenters. The second-order valence-corrected chi connectivity index (χ2v) is 25.4. The van der Waals surface area contributed by atoms with Gasteiger partial charge >= 0.3 is 17.9 Å². The molecule has 5 aromatic rings. The predicted octanol–water partition coefficient (Wildman–Crippen LogP) is -2.37. The van der Waals surface area contributed by atoms with Gasteiger partial charge in [0.1, 0.15) is 41.3 Å². The molecular weight excluding hydrogens is 1380 g/mol. The molecule has 7 amide bonds. The minimum absolute atomic E-state index is 0.0279. The number of fused-ring (bicyclic) bond motifs is 4. The van der Waals surface area contributed by atoms with E-state index in [-0.39, 0.29) is 82.2 Å². The Labute approximate surface area is 585 Å². The number of aromatic hydroxyl groups is 2. The number of thioether (sulfide) groups is 1. The fourth-order valence-electron chi connectivity index (χ4n) is 11.8. The lowest BCUT2D eigenvalue weighted by Gasteiger charge is -2.40. The van der Waals surface area contributed by atoms with E-state index in [4.69, 9.17) is 31.4 Å². The number of aliphatic hydroxyl groups is 2. The summed E-state index contributed by atoms with van der Waals surface area (Å²) in [4.78, 5) is 188. The van der Waals surface area contributed by atoms with Gasteiger partial charge in [-0.05, 0) is 56.5 Å². The number of carboxylic acids is 3. The maximum absolute atomic E-state index is 14.2.